The zero-order chi connectivity index (χ0) is 13.4. The first kappa shape index (κ1) is 12.2. The SMILES string of the molecule is O=C(O)Cc1cccc(NC(=O)C2CC2C2CC2)c1. The molecule has 3 rings (SSSR count). The number of amides is 1. The molecule has 1 aromatic carbocycles. The second kappa shape index (κ2) is 4.68. The van der Waals surface area contributed by atoms with Gasteiger partial charge in [-0.15, -0.1) is 0 Å². The van der Waals surface area contributed by atoms with Crippen LogP contribution in [0.15, 0.2) is 24.3 Å². The summed E-state index contributed by atoms with van der Waals surface area (Å²) in [6.45, 7) is 0. The molecule has 1 amide bonds. The molecular formula is C15H17NO3. The van der Waals surface area contributed by atoms with E-state index in [0.717, 1.165) is 12.3 Å². The lowest BCUT2D eigenvalue weighted by atomic mass is 10.1. The lowest BCUT2D eigenvalue weighted by Gasteiger charge is -2.06. The van der Waals surface area contributed by atoms with Gasteiger partial charge in [-0.2, -0.15) is 0 Å². The van der Waals surface area contributed by atoms with Gasteiger partial charge in [-0.05, 0) is 48.8 Å². The first-order chi connectivity index (χ1) is 9.13. The Morgan fingerprint density at radius 2 is 2.11 bits per heavy atom. The molecule has 2 saturated carbocycles. The van der Waals surface area contributed by atoms with Crippen molar-refractivity contribution in [1.29, 1.82) is 0 Å². The van der Waals surface area contributed by atoms with E-state index >= 15 is 0 Å². The molecule has 0 heterocycles. The fourth-order valence-electron chi connectivity index (χ4n) is 2.73. The van der Waals surface area contributed by atoms with Crippen LogP contribution in [0.4, 0.5) is 5.69 Å². The minimum atomic E-state index is -0.862. The van der Waals surface area contributed by atoms with Gasteiger partial charge in [-0.25, -0.2) is 0 Å². The molecule has 100 valence electrons. The Morgan fingerprint density at radius 1 is 1.32 bits per heavy atom. The maximum absolute atomic E-state index is 12.0. The molecule has 4 heteroatoms. The molecule has 0 aliphatic heterocycles. The molecule has 2 atom stereocenters. The summed E-state index contributed by atoms with van der Waals surface area (Å²) in [6, 6.07) is 7.07. The number of rotatable bonds is 5. The summed E-state index contributed by atoms with van der Waals surface area (Å²) in [7, 11) is 0. The van der Waals surface area contributed by atoms with Crippen molar-refractivity contribution in [3.05, 3.63) is 29.8 Å². The molecule has 2 aliphatic rings. The predicted octanol–water partition coefficient (Wildman–Crippen LogP) is 2.30. The molecule has 0 radical (unpaired) electrons. The van der Waals surface area contributed by atoms with Crippen molar-refractivity contribution >= 4 is 17.6 Å². The fraction of sp³-hybridized carbons (Fsp3) is 0.467. The maximum Gasteiger partial charge on any atom is 0.307 e. The lowest BCUT2D eigenvalue weighted by Crippen LogP contribution is -2.15. The fourth-order valence-corrected chi connectivity index (χ4v) is 2.73. The van der Waals surface area contributed by atoms with E-state index in [1.807, 2.05) is 0 Å². The van der Waals surface area contributed by atoms with Crippen molar-refractivity contribution in [3.8, 4) is 0 Å². The van der Waals surface area contributed by atoms with Crippen LogP contribution in [0, 0.1) is 17.8 Å². The van der Waals surface area contributed by atoms with E-state index in [0.29, 0.717) is 17.2 Å². The maximum atomic E-state index is 12.0. The molecule has 2 unspecified atom stereocenters. The second-order valence-electron chi connectivity index (χ2n) is 5.60. The van der Waals surface area contributed by atoms with Crippen molar-refractivity contribution in [3.63, 3.8) is 0 Å². The van der Waals surface area contributed by atoms with Crippen LogP contribution in [0.25, 0.3) is 0 Å². The standard InChI is InChI=1S/C15H17NO3/c17-14(18)7-9-2-1-3-11(6-9)16-15(19)13-8-12(13)10-4-5-10/h1-3,6,10,12-13H,4-5,7-8H2,(H,16,19)(H,17,18). The summed E-state index contributed by atoms with van der Waals surface area (Å²) in [5, 5.41) is 11.7. The second-order valence-corrected chi connectivity index (χ2v) is 5.60. The minimum absolute atomic E-state index is 0.0160. The number of carboxylic acids is 1. The molecule has 0 spiro atoms. The van der Waals surface area contributed by atoms with E-state index in [2.05, 4.69) is 5.32 Å². The van der Waals surface area contributed by atoms with Crippen molar-refractivity contribution in [2.24, 2.45) is 17.8 Å². The zero-order valence-electron chi connectivity index (χ0n) is 10.6. The van der Waals surface area contributed by atoms with Crippen LogP contribution in [-0.4, -0.2) is 17.0 Å². The Balaban J connectivity index is 1.59. The number of nitrogens with one attached hydrogen (secondary N) is 1. The smallest absolute Gasteiger partial charge is 0.307 e. The average Bonchev–Trinajstić information content (AvgIpc) is 3.21. The molecule has 2 fully saturated rings. The number of carboxylic acid groups (broad SMARTS) is 1. The van der Waals surface area contributed by atoms with Crippen molar-refractivity contribution in [2.75, 3.05) is 5.32 Å². The van der Waals surface area contributed by atoms with Crippen LogP contribution in [0.5, 0.6) is 0 Å². The van der Waals surface area contributed by atoms with E-state index in [1.165, 1.54) is 12.8 Å². The van der Waals surface area contributed by atoms with Crippen LogP contribution < -0.4 is 5.32 Å². The third-order valence-electron chi connectivity index (χ3n) is 3.95. The van der Waals surface area contributed by atoms with Crippen LogP contribution in [0.3, 0.4) is 0 Å². The predicted molar refractivity (Wildman–Crippen MR) is 70.7 cm³/mol. The Kier molecular flexibility index (Phi) is 3.01. The zero-order valence-corrected chi connectivity index (χ0v) is 10.6. The highest BCUT2D eigenvalue weighted by molar-refractivity contribution is 5.94. The van der Waals surface area contributed by atoms with Gasteiger partial charge in [0.15, 0.2) is 0 Å². The van der Waals surface area contributed by atoms with E-state index in [9.17, 15) is 9.59 Å². The minimum Gasteiger partial charge on any atom is -0.481 e. The summed E-state index contributed by atoms with van der Waals surface area (Å²) < 4.78 is 0. The van der Waals surface area contributed by atoms with E-state index < -0.39 is 5.97 Å². The number of benzene rings is 1. The third-order valence-corrected chi connectivity index (χ3v) is 3.95. The topological polar surface area (TPSA) is 66.4 Å². The summed E-state index contributed by atoms with van der Waals surface area (Å²) >= 11 is 0. The summed E-state index contributed by atoms with van der Waals surface area (Å²) in [5.74, 6) is 0.788. The van der Waals surface area contributed by atoms with Crippen LogP contribution in [0.2, 0.25) is 0 Å². The number of aliphatic carboxylic acids is 1. The van der Waals surface area contributed by atoms with Gasteiger partial charge in [0.1, 0.15) is 0 Å². The lowest BCUT2D eigenvalue weighted by molar-refractivity contribution is -0.136. The molecule has 2 aliphatic carbocycles. The molecule has 0 saturated heterocycles. The quantitative estimate of drug-likeness (QED) is 0.852. The summed E-state index contributed by atoms with van der Waals surface area (Å²) in [6.07, 6.45) is 3.56. The highest BCUT2D eigenvalue weighted by atomic mass is 16.4. The number of hydrogen-bond acceptors (Lipinski definition) is 2. The molecule has 0 aromatic heterocycles. The van der Waals surface area contributed by atoms with Gasteiger partial charge in [-0.1, -0.05) is 12.1 Å². The van der Waals surface area contributed by atoms with Crippen molar-refractivity contribution < 1.29 is 14.7 Å². The third kappa shape index (κ3) is 2.95. The molecule has 1 aromatic rings. The van der Waals surface area contributed by atoms with Gasteiger partial charge in [0, 0.05) is 11.6 Å². The van der Waals surface area contributed by atoms with Crippen LogP contribution >= 0.6 is 0 Å². The summed E-state index contributed by atoms with van der Waals surface area (Å²) in [4.78, 5) is 22.7. The summed E-state index contributed by atoms with van der Waals surface area (Å²) in [5.41, 5.74) is 1.41. The Morgan fingerprint density at radius 3 is 2.79 bits per heavy atom. The number of carbonyl (C=O) groups excluding carboxylic acids is 1. The van der Waals surface area contributed by atoms with Gasteiger partial charge in [-0.3, -0.25) is 9.59 Å². The number of carbonyl (C=O) groups is 2. The number of hydrogen-bond donors (Lipinski definition) is 2. The molecule has 19 heavy (non-hydrogen) atoms. The molecule has 0 bridgehead atoms. The van der Waals surface area contributed by atoms with Gasteiger partial charge in [0.2, 0.25) is 5.91 Å². The van der Waals surface area contributed by atoms with Gasteiger partial charge in [0.05, 0.1) is 6.42 Å². The van der Waals surface area contributed by atoms with Crippen LogP contribution in [-0.2, 0) is 16.0 Å². The van der Waals surface area contributed by atoms with Crippen LogP contribution in [0.1, 0.15) is 24.8 Å². The number of anilines is 1. The monoisotopic (exact) mass is 259 g/mol. The first-order valence-electron chi connectivity index (χ1n) is 6.75. The molecule has 2 N–H and O–H groups in total. The first-order valence-corrected chi connectivity index (χ1v) is 6.75. The average molecular weight is 259 g/mol. The molecule has 4 nitrogen and oxygen atoms in total. The van der Waals surface area contributed by atoms with E-state index in [1.54, 1.807) is 24.3 Å². The highest BCUT2D eigenvalue weighted by Gasteiger charge is 2.51. The van der Waals surface area contributed by atoms with Gasteiger partial charge < -0.3 is 10.4 Å². The van der Waals surface area contributed by atoms with E-state index in [-0.39, 0.29) is 18.2 Å². The Labute approximate surface area is 111 Å². The van der Waals surface area contributed by atoms with Crippen molar-refractivity contribution in [2.45, 2.75) is 25.7 Å². The van der Waals surface area contributed by atoms with Gasteiger partial charge >= 0.3 is 5.97 Å². The Bertz CT molecular complexity index is 522. The van der Waals surface area contributed by atoms with Crippen molar-refractivity contribution in [1.82, 2.24) is 0 Å². The molecular weight excluding hydrogens is 242 g/mol. The van der Waals surface area contributed by atoms with E-state index in [4.69, 9.17) is 5.11 Å². The highest BCUT2D eigenvalue weighted by Crippen LogP contribution is 2.54. The van der Waals surface area contributed by atoms with Gasteiger partial charge in [0.25, 0.3) is 0 Å². The Hall–Kier alpha value is -1.84. The largest absolute Gasteiger partial charge is 0.481 e. The normalized spacial score (nSPS) is 24.8.